The van der Waals surface area contributed by atoms with E-state index < -0.39 is 5.97 Å². The Balaban J connectivity index is 2.21. The molecule has 0 aliphatic carbocycles. The van der Waals surface area contributed by atoms with Gasteiger partial charge in [-0.3, -0.25) is 0 Å². The molecule has 6 heteroatoms. The first-order valence-corrected chi connectivity index (χ1v) is 6.40. The van der Waals surface area contributed by atoms with Crippen molar-refractivity contribution in [2.24, 2.45) is 0 Å². The highest BCUT2D eigenvalue weighted by Crippen LogP contribution is 2.21. The van der Waals surface area contributed by atoms with Crippen LogP contribution < -0.4 is 4.74 Å². The van der Waals surface area contributed by atoms with E-state index in [1.807, 2.05) is 0 Å². The minimum atomic E-state index is -0.573. The molecule has 0 N–H and O–H groups in total. The number of hydrogen-bond donors (Lipinski definition) is 0. The number of carbonyl (C=O) groups excluding carboxylic acids is 1. The Kier molecular flexibility index (Phi) is 4.22. The molecule has 2 rings (SSSR count). The van der Waals surface area contributed by atoms with Crippen molar-refractivity contribution in [2.75, 3.05) is 0 Å². The summed E-state index contributed by atoms with van der Waals surface area (Å²) in [5.41, 5.74) is 0.195. The van der Waals surface area contributed by atoms with Gasteiger partial charge in [0.1, 0.15) is 10.9 Å². The summed E-state index contributed by atoms with van der Waals surface area (Å²) in [4.78, 5) is 15.7. The Morgan fingerprint density at radius 2 is 1.89 bits per heavy atom. The molecule has 0 bridgehead atoms. The van der Waals surface area contributed by atoms with Crippen LogP contribution in [0, 0.1) is 0 Å². The zero-order chi connectivity index (χ0) is 13.1. The zero-order valence-corrected chi connectivity index (χ0v) is 12.0. The standard InChI is InChI=1S/C12H6BrCl2NO2/c13-7-5-10(11(15)16-6-7)12(17)18-9-3-1-8(14)2-4-9/h1-6H. The number of halogens is 3. The fourth-order valence-electron chi connectivity index (χ4n) is 1.23. The summed E-state index contributed by atoms with van der Waals surface area (Å²) < 4.78 is 5.80. The van der Waals surface area contributed by atoms with Crippen molar-refractivity contribution >= 4 is 45.1 Å². The summed E-state index contributed by atoms with van der Waals surface area (Å²) in [5.74, 6) is -0.184. The number of esters is 1. The van der Waals surface area contributed by atoms with Gasteiger partial charge in [-0.1, -0.05) is 23.2 Å². The van der Waals surface area contributed by atoms with Crippen LogP contribution in [0.15, 0.2) is 41.0 Å². The molecule has 92 valence electrons. The topological polar surface area (TPSA) is 39.2 Å². The van der Waals surface area contributed by atoms with E-state index in [1.54, 1.807) is 30.3 Å². The molecular formula is C12H6BrCl2NO2. The lowest BCUT2D eigenvalue weighted by molar-refractivity contribution is 0.0734. The molecular weight excluding hydrogens is 341 g/mol. The van der Waals surface area contributed by atoms with Crippen LogP contribution in [-0.4, -0.2) is 11.0 Å². The summed E-state index contributed by atoms with van der Waals surface area (Å²) >= 11 is 14.8. The third-order valence-corrected chi connectivity index (χ3v) is 3.04. The fraction of sp³-hybridized carbons (Fsp3) is 0. The maximum Gasteiger partial charge on any atom is 0.346 e. The number of nitrogens with zero attached hydrogens (tertiary/aromatic N) is 1. The first kappa shape index (κ1) is 13.3. The monoisotopic (exact) mass is 345 g/mol. The molecule has 0 saturated carbocycles. The third kappa shape index (κ3) is 3.22. The predicted molar refractivity (Wildman–Crippen MR) is 73.4 cm³/mol. The van der Waals surface area contributed by atoms with Gasteiger partial charge in [0.15, 0.2) is 0 Å². The van der Waals surface area contributed by atoms with E-state index in [0.29, 0.717) is 15.2 Å². The lowest BCUT2D eigenvalue weighted by Crippen LogP contribution is -2.09. The van der Waals surface area contributed by atoms with Crippen molar-refractivity contribution < 1.29 is 9.53 Å². The summed E-state index contributed by atoms with van der Waals surface area (Å²) in [6.45, 7) is 0. The van der Waals surface area contributed by atoms with Crippen LogP contribution in [0.25, 0.3) is 0 Å². The second kappa shape index (κ2) is 5.69. The van der Waals surface area contributed by atoms with Crippen molar-refractivity contribution in [1.29, 1.82) is 0 Å². The van der Waals surface area contributed by atoms with Gasteiger partial charge < -0.3 is 4.74 Å². The highest BCUT2D eigenvalue weighted by atomic mass is 79.9. The smallest absolute Gasteiger partial charge is 0.346 e. The lowest BCUT2D eigenvalue weighted by Gasteiger charge is -2.05. The second-order valence-corrected chi connectivity index (χ2v) is 5.05. The SMILES string of the molecule is O=C(Oc1ccc(Cl)cc1)c1cc(Br)cnc1Cl. The van der Waals surface area contributed by atoms with Crippen LogP contribution in [0.4, 0.5) is 0 Å². The number of aromatic nitrogens is 1. The molecule has 0 aliphatic rings. The number of rotatable bonds is 2. The van der Waals surface area contributed by atoms with E-state index in [-0.39, 0.29) is 10.7 Å². The average Bonchev–Trinajstić information content (AvgIpc) is 2.35. The molecule has 0 atom stereocenters. The van der Waals surface area contributed by atoms with Crippen LogP contribution >= 0.6 is 39.1 Å². The van der Waals surface area contributed by atoms with Crippen LogP contribution in [0.2, 0.25) is 10.2 Å². The number of pyridine rings is 1. The van der Waals surface area contributed by atoms with E-state index in [1.165, 1.54) is 6.20 Å². The first-order chi connectivity index (χ1) is 8.56. The normalized spacial score (nSPS) is 10.2. The van der Waals surface area contributed by atoms with Gasteiger partial charge in [-0.15, -0.1) is 0 Å². The van der Waals surface area contributed by atoms with Gasteiger partial charge in [0.25, 0.3) is 0 Å². The summed E-state index contributed by atoms with van der Waals surface area (Å²) in [5, 5.41) is 0.661. The van der Waals surface area contributed by atoms with Gasteiger partial charge in [-0.2, -0.15) is 0 Å². The lowest BCUT2D eigenvalue weighted by atomic mass is 10.3. The van der Waals surface area contributed by atoms with E-state index in [2.05, 4.69) is 20.9 Å². The third-order valence-electron chi connectivity index (χ3n) is 2.05. The molecule has 2 aromatic rings. The van der Waals surface area contributed by atoms with E-state index in [0.717, 1.165) is 0 Å². The molecule has 18 heavy (non-hydrogen) atoms. The molecule has 0 saturated heterocycles. The van der Waals surface area contributed by atoms with Crippen molar-refractivity contribution in [3.05, 3.63) is 56.7 Å². The molecule has 0 aliphatic heterocycles. The maximum atomic E-state index is 11.9. The van der Waals surface area contributed by atoms with E-state index in [9.17, 15) is 4.79 Å². The number of hydrogen-bond acceptors (Lipinski definition) is 3. The molecule has 0 unspecified atom stereocenters. The molecule has 0 fully saturated rings. The summed E-state index contributed by atoms with van der Waals surface area (Å²) in [7, 11) is 0. The Hall–Kier alpha value is -1.10. The fourth-order valence-corrected chi connectivity index (χ4v) is 1.87. The summed E-state index contributed by atoms with van der Waals surface area (Å²) in [6, 6.07) is 8.00. The summed E-state index contributed by atoms with van der Waals surface area (Å²) in [6.07, 6.45) is 1.50. The quantitative estimate of drug-likeness (QED) is 0.460. The van der Waals surface area contributed by atoms with Crippen molar-refractivity contribution in [3.63, 3.8) is 0 Å². The molecule has 1 aromatic carbocycles. The minimum Gasteiger partial charge on any atom is -0.423 e. The molecule has 0 radical (unpaired) electrons. The van der Waals surface area contributed by atoms with Gasteiger partial charge >= 0.3 is 5.97 Å². The second-order valence-electron chi connectivity index (χ2n) is 3.34. The van der Waals surface area contributed by atoms with Gasteiger partial charge in [0, 0.05) is 15.7 Å². The van der Waals surface area contributed by atoms with Crippen molar-refractivity contribution in [3.8, 4) is 5.75 Å². The van der Waals surface area contributed by atoms with Crippen LogP contribution in [0.3, 0.4) is 0 Å². The first-order valence-electron chi connectivity index (χ1n) is 4.85. The number of benzene rings is 1. The van der Waals surface area contributed by atoms with Gasteiger partial charge in [0.2, 0.25) is 0 Å². The Bertz CT molecular complexity index is 587. The van der Waals surface area contributed by atoms with Crippen molar-refractivity contribution in [2.45, 2.75) is 0 Å². The van der Waals surface area contributed by atoms with Crippen LogP contribution in [0.5, 0.6) is 5.75 Å². The predicted octanol–water partition coefficient (Wildman–Crippen LogP) is 4.37. The Morgan fingerprint density at radius 3 is 2.56 bits per heavy atom. The van der Waals surface area contributed by atoms with Gasteiger partial charge in [0.05, 0.1) is 5.56 Å². The minimum absolute atomic E-state index is 0.0946. The maximum absolute atomic E-state index is 11.9. The van der Waals surface area contributed by atoms with E-state index >= 15 is 0 Å². The van der Waals surface area contributed by atoms with Crippen LogP contribution in [0.1, 0.15) is 10.4 Å². The van der Waals surface area contributed by atoms with Crippen LogP contribution in [-0.2, 0) is 0 Å². The van der Waals surface area contributed by atoms with Gasteiger partial charge in [-0.05, 0) is 46.3 Å². The average molecular weight is 347 g/mol. The largest absolute Gasteiger partial charge is 0.423 e. The molecule has 1 aromatic heterocycles. The zero-order valence-electron chi connectivity index (χ0n) is 8.86. The molecule has 3 nitrogen and oxygen atoms in total. The number of ether oxygens (including phenoxy) is 1. The Morgan fingerprint density at radius 1 is 1.22 bits per heavy atom. The molecule has 0 amide bonds. The Labute approximate surface area is 122 Å². The highest BCUT2D eigenvalue weighted by molar-refractivity contribution is 9.10. The van der Waals surface area contributed by atoms with Crippen molar-refractivity contribution in [1.82, 2.24) is 4.98 Å². The highest BCUT2D eigenvalue weighted by Gasteiger charge is 2.14. The van der Waals surface area contributed by atoms with E-state index in [4.69, 9.17) is 27.9 Å². The van der Waals surface area contributed by atoms with Gasteiger partial charge in [-0.25, -0.2) is 9.78 Å². The molecule has 1 heterocycles. The number of carbonyl (C=O) groups is 1. The molecule has 0 spiro atoms.